The second-order valence-corrected chi connectivity index (χ2v) is 7.18. The molecule has 7 nitrogen and oxygen atoms in total. The van der Waals surface area contributed by atoms with Crippen molar-refractivity contribution in [3.8, 4) is 0 Å². The molecule has 9 heteroatoms. The Hall–Kier alpha value is -2.19. The van der Waals surface area contributed by atoms with Crippen molar-refractivity contribution in [2.45, 2.75) is 38.1 Å². The molecule has 0 fully saturated rings. The van der Waals surface area contributed by atoms with Gasteiger partial charge in [-0.3, -0.25) is 19.1 Å². The molecule has 3 N–H and O–H groups in total. The summed E-state index contributed by atoms with van der Waals surface area (Å²) in [6.07, 6.45) is 3.46. The van der Waals surface area contributed by atoms with E-state index < -0.39 is 17.2 Å². The summed E-state index contributed by atoms with van der Waals surface area (Å²) < 4.78 is 1.29. The first-order chi connectivity index (χ1) is 12.8. The first-order valence-corrected chi connectivity index (χ1v) is 10.2. The monoisotopic (exact) mass is 410 g/mol. The number of hydrogen-bond donors (Lipinski definition) is 2. The summed E-state index contributed by atoms with van der Waals surface area (Å²) in [5, 5.41) is 0.283. The molecule has 0 aliphatic rings. The Bertz CT molecular complexity index is 955. The number of aromatic nitrogens is 2. The van der Waals surface area contributed by atoms with Crippen molar-refractivity contribution in [2.75, 3.05) is 23.4 Å². The van der Waals surface area contributed by atoms with Gasteiger partial charge in [-0.15, -0.1) is 11.8 Å². The summed E-state index contributed by atoms with van der Waals surface area (Å²) in [4.78, 5) is 42.1. The van der Waals surface area contributed by atoms with Crippen molar-refractivity contribution in [2.24, 2.45) is 0 Å². The van der Waals surface area contributed by atoms with E-state index in [1.54, 1.807) is 19.1 Å². The van der Waals surface area contributed by atoms with Gasteiger partial charge in [0.2, 0.25) is 0 Å². The van der Waals surface area contributed by atoms with Crippen LogP contribution < -0.4 is 21.9 Å². The molecule has 0 saturated carbocycles. The lowest BCUT2D eigenvalue weighted by Crippen LogP contribution is -2.41. The van der Waals surface area contributed by atoms with Gasteiger partial charge in [-0.25, -0.2) is 4.79 Å². The Morgan fingerprint density at radius 1 is 1.33 bits per heavy atom. The third-order valence-electron chi connectivity index (χ3n) is 4.18. The van der Waals surface area contributed by atoms with E-state index in [0.717, 1.165) is 17.7 Å². The summed E-state index contributed by atoms with van der Waals surface area (Å²) in [5.74, 6) is -0.471. The van der Waals surface area contributed by atoms with Crippen molar-refractivity contribution in [3.05, 3.63) is 49.6 Å². The molecule has 0 aliphatic heterocycles. The molecule has 0 aliphatic carbocycles. The Balaban J connectivity index is 2.59. The highest BCUT2D eigenvalue weighted by Crippen LogP contribution is 2.26. The number of unbranched alkanes of at least 4 members (excludes halogenated alkanes) is 1. The van der Waals surface area contributed by atoms with Gasteiger partial charge in [0.05, 0.1) is 10.6 Å². The lowest BCUT2D eigenvalue weighted by Gasteiger charge is -2.23. The molecule has 0 unspecified atom stereocenters. The van der Waals surface area contributed by atoms with Gasteiger partial charge in [0.15, 0.2) is 5.69 Å². The van der Waals surface area contributed by atoms with Crippen molar-refractivity contribution in [3.63, 3.8) is 0 Å². The Morgan fingerprint density at radius 2 is 2.04 bits per heavy atom. The van der Waals surface area contributed by atoms with Crippen molar-refractivity contribution >= 4 is 40.8 Å². The van der Waals surface area contributed by atoms with Gasteiger partial charge in [0.1, 0.15) is 5.82 Å². The lowest BCUT2D eigenvalue weighted by atomic mass is 10.2. The summed E-state index contributed by atoms with van der Waals surface area (Å²) in [5.41, 5.74) is 5.08. The van der Waals surface area contributed by atoms with Gasteiger partial charge in [-0.05, 0) is 37.8 Å². The van der Waals surface area contributed by atoms with Crippen LogP contribution in [0.15, 0.2) is 32.7 Å². The molecule has 0 bridgehead atoms. The molecular formula is C18H23ClN4O3S. The molecule has 2 rings (SSSR count). The second-order valence-electron chi connectivity index (χ2n) is 5.89. The Morgan fingerprint density at radius 3 is 2.63 bits per heavy atom. The average Bonchev–Trinajstić information content (AvgIpc) is 2.64. The molecule has 0 saturated heterocycles. The van der Waals surface area contributed by atoms with Crippen LogP contribution in [0.4, 0.5) is 11.5 Å². The number of nitrogens with two attached hydrogens (primary N) is 1. The normalized spacial score (nSPS) is 10.8. The van der Waals surface area contributed by atoms with Gasteiger partial charge in [0.25, 0.3) is 11.5 Å². The SMILES string of the molecule is CCCCn1c(N)c(N(CC)C(=O)c2cc(SC)ccc2Cl)c(=O)[nH]c1=O. The largest absolute Gasteiger partial charge is 0.383 e. The zero-order chi connectivity index (χ0) is 20.1. The van der Waals surface area contributed by atoms with E-state index in [9.17, 15) is 14.4 Å². The van der Waals surface area contributed by atoms with Crippen LogP contribution in [-0.2, 0) is 6.54 Å². The predicted octanol–water partition coefficient (Wildman–Crippen LogP) is 2.96. The maximum atomic E-state index is 13.1. The van der Waals surface area contributed by atoms with Gasteiger partial charge >= 0.3 is 5.69 Å². The number of rotatable bonds is 7. The van der Waals surface area contributed by atoms with Crippen LogP contribution in [0.5, 0.6) is 0 Å². The van der Waals surface area contributed by atoms with Crippen molar-refractivity contribution in [1.82, 2.24) is 9.55 Å². The Labute approximate surface area is 166 Å². The molecule has 1 aromatic carbocycles. The quantitative estimate of drug-likeness (QED) is 0.683. The summed E-state index contributed by atoms with van der Waals surface area (Å²) in [6, 6.07) is 5.13. The minimum atomic E-state index is -0.697. The number of carbonyl (C=O) groups is 1. The molecule has 0 spiro atoms. The van der Waals surface area contributed by atoms with E-state index in [2.05, 4.69) is 4.98 Å². The van der Waals surface area contributed by atoms with E-state index in [4.69, 9.17) is 17.3 Å². The van der Waals surface area contributed by atoms with E-state index in [-0.39, 0.29) is 28.6 Å². The zero-order valence-corrected chi connectivity index (χ0v) is 17.1. The Kier molecular flexibility index (Phi) is 7.15. The number of hydrogen-bond acceptors (Lipinski definition) is 5. The topological polar surface area (TPSA) is 101 Å². The van der Waals surface area contributed by atoms with Crippen LogP contribution in [0.3, 0.4) is 0 Å². The van der Waals surface area contributed by atoms with Gasteiger partial charge in [-0.2, -0.15) is 0 Å². The van der Waals surface area contributed by atoms with Gasteiger partial charge < -0.3 is 10.6 Å². The number of halogens is 1. The van der Waals surface area contributed by atoms with Crippen LogP contribution in [-0.4, -0.2) is 28.3 Å². The van der Waals surface area contributed by atoms with Gasteiger partial charge in [0, 0.05) is 18.0 Å². The molecule has 1 aromatic heterocycles. The number of thioether (sulfide) groups is 1. The fourth-order valence-electron chi connectivity index (χ4n) is 2.72. The smallest absolute Gasteiger partial charge is 0.330 e. The van der Waals surface area contributed by atoms with Crippen LogP contribution in [0.25, 0.3) is 0 Å². The number of anilines is 2. The highest BCUT2D eigenvalue weighted by molar-refractivity contribution is 7.98. The summed E-state index contributed by atoms with van der Waals surface area (Å²) in [7, 11) is 0. The number of nitrogens with one attached hydrogen (secondary N) is 1. The van der Waals surface area contributed by atoms with Gasteiger partial charge in [-0.1, -0.05) is 24.9 Å². The van der Waals surface area contributed by atoms with Crippen LogP contribution in [0, 0.1) is 0 Å². The third-order valence-corrected chi connectivity index (χ3v) is 5.24. The first kappa shape index (κ1) is 21.1. The summed E-state index contributed by atoms with van der Waals surface area (Å²) >= 11 is 7.69. The number of benzene rings is 1. The highest BCUT2D eigenvalue weighted by atomic mass is 35.5. The van der Waals surface area contributed by atoms with E-state index in [0.29, 0.717) is 6.54 Å². The average molecular weight is 411 g/mol. The fraction of sp³-hybridized carbons (Fsp3) is 0.389. The first-order valence-electron chi connectivity index (χ1n) is 8.63. The second kappa shape index (κ2) is 9.14. The summed E-state index contributed by atoms with van der Waals surface area (Å²) in [6.45, 7) is 4.26. The standard InChI is InChI=1S/C18H23ClN4O3S/c1-4-6-9-23-15(20)14(16(24)21-18(23)26)22(5-2)17(25)12-10-11(27-3)7-8-13(12)19/h7-8,10H,4-6,9,20H2,1-3H3,(H,21,24,26). The van der Waals surface area contributed by atoms with Crippen molar-refractivity contribution < 1.29 is 4.79 Å². The number of carbonyl (C=O) groups excluding carboxylic acids is 1. The number of H-pyrrole nitrogens is 1. The molecule has 1 heterocycles. The molecule has 0 radical (unpaired) electrons. The maximum Gasteiger partial charge on any atom is 0.330 e. The molecule has 27 heavy (non-hydrogen) atoms. The minimum Gasteiger partial charge on any atom is -0.383 e. The molecule has 2 aromatic rings. The van der Waals surface area contributed by atoms with E-state index >= 15 is 0 Å². The van der Waals surface area contributed by atoms with Crippen molar-refractivity contribution in [1.29, 1.82) is 0 Å². The zero-order valence-electron chi connectivity index (χ0n) is 15.5. The maximum absolute atomic E-state index is 13.1. The molecule has 0 atom stereocenters. The van der Waals surface area contributed by atoms with Crippen LogP contribution >= 0.6 is 23.4 Å². The third kappa shape index (κ3) is 4.39. The van der Waals surface area contributed by atoms with E-state index in [1.165, 1.54) is 21.2 Å². The van der Waals surface area contributed by atoms with Crippen LogP contribution in [0.2, 0.25) is 5.02 Å². The number of nitrogens with zero attached hydrogens (tertiary/aromatic N) is 2. The molecule has 146 valence electrons. The molecule has 1 amide bonds. The predicted molar refractivity (Wildman–Crippen MR) is 111 cm³/mol. The highest BCUT2D eigenvalue weighted by Gasteiger charge is 2.25. The lowest BCUT2D eigenvalue weighted by molar-refractivity contribution is 0.0988. The van der Waals surface area contributed by atoms with E-state index in [1.807, 2.05) is 19.2 Å². The fourth-order valence-corrected chi connectivity index (χ4v) is 3.36. The molecular weight excluding hydrogens is 388 g/mol. The minimum absolute atomic E-state index is 0.0236. The number of aromatic amines is 1. The van der Waals surface area contributed by atoms with Crippen LogP contribution in [0.1, 0.15) is 37.0 Å². The number of nitrogen functional groups attached to an aromatic ring is 1. The number of amides is 1.